The van der Waals surface area contributed by atoms with Crippen molar-refractivity contribution in [2.45, 2.75) is 23.3 Å². The smallest absolute Gasteiger partial charge is 0.285 e. The zero-order valence-electron chi connectivity index (χ0n) is 17.7. The molecule has 180 valence electrons. The first-order valence-electron chi connectivity index (χ1n) is 10.2. The molecule has 7 nitrogen and oxygen atoms in total. The SMILES string of the molecule is O=[N+]([O-])C1(c2cccc(Cl)c2Cl)C=CC(OC2C=CC(c3cccc(Cl)c3Cl)([N+](=O)[O-])C=C2)C=C1. The van der Waals surface area contributed by atoms with E-state index >= 15 is 0 Å². The second-order valence-corrected chi connectivity index (χ2v) is 9.44. The molecule has 0 atom stereocenters. The van der Waals surface area contributed by atoms with Crippen molar-refractivity contribution in [3.05, 3.63) is 136 Å². The van der Waals surface area contributed by atoms with Crippen LogP contribution >= 0.6 is 46.4 Å². The average Bonchev–Trinajstić information content (AvgIpc) is 2.84. The maximum Gasteiger partial charge on any atom is 0.285 e. The van der Waals surface area contributed by atoms with Gasteiger partial charge in [0.1, 0.15) is 0 Å². The first kappa shape index (κ1) is 25.4. The van der Waals surface area contributed by atoms with E-state index in [1.165, 1.54) is 60.7 Å². The fourth-order valence-electron chi connectivity index (χ4n) is 3.99. The molecule has 0 aromatic heterocycles. The van der Waals surface area contributed by atoms with Gasteiger partial charge < -0.3 is 4.74 Å². The Bertz CT molecular complexity index is 1190. The molecule has 2 aromatic rings. The largest absolute Gasteiger partial charge is 0.359 e. The molecule has 0 heterocycles. The van der Waals surface area contributed by atoms with Gasteiger partial charge in [-0.05, 0) is 72.9 Å². The van der Waals surface area contributed by atoms with Gasteiger partial charge in [-0.1, -0.05) is 58.5 Å². The fourth-order valence-corrected chi connectivity index (χ4v) is 4.90. The molecule has 0 N–H and O–H groups in total. The lowest BCUT2D eigenvalue weighted by Crippen LogP contribution is -2.36. The molecule has 4 rings (SSSR count). The first-order chi connectivity index (χ1) is 16.6. The van der Waals surface area contributed by atoms with Crippen molar-refractivity contribution in [1.29, 1.82) is 0 Å². The summed E-state index contributed by atoms with van der Waals surface area (Å²) in [6.07, 6.45) is 10.4. The van der Waals surface area contributed by atoms with E-state index in [1.807, 2.05) is 0 Å². The number of nitro groups is 2. The summed E-state index contributed by atoms with van der Waals surface area (Å²) in [4.78, 5) is 23.1. The summed E-state index contributed by atoms with van der Waals surface area (Å²) in [5.41, 5.74) is -2.95. The highest BCUT2D eigenvalue weighted by molar-refractivity contribution is 6.43. The zero-order valence-corrected chi connectivity index (χ0v) is 20.7. The van der Waals surface area contributed by atoms with E-state index < -0.39 is 33.1 Å². The van der Waals surface area contributed by atoms with E-state index in [-0.39, 0.29) is 31.2 Å². The molecule has 2 aromatic carbocycles. The van der Waals surface area contributed by atoms with Crippen LogP contribution in [0.1, 0.15) is 11.1 Å². The zero-order chi connectivity index (χ0) is 25.4. The summed E-state index contributed by atoms with van der Waals surface area (Å²) in [6.45, 7) is 0. The van der Waals surface area contributed by atoms with Crippen LogP contribution in [-0.2, 0) is 15.8 Å². The molecular weight excluding hydrogens is 538 g/mol. The van der Waals surface area contributed by atoms with E-state index in [0.717, 1.165) is 0 Å². The molecule has 2 aliphatic rings. The van der Waals surface area contributed by atoms with Gasteiger partial charge in [0.15, 0.2) is 0 Å². The van der Waals surface area contributed by atoms with Gasteiger partial charge in [0.25, 0.3) is 11.1 Å². The molecule has 0 radical (unpaired) electrons. The minimum absolute atomic E-state index is 0.0912. The Hall–Kier alpha value is -2.68. The number of nitrogens with zero attached hydrogens (tertiary/aromatic N) is 2. The van der Waals surface area contributed by atoms with Crippen molar-refractivity contribution in [1.82, 2.24) is 0 Å². The van der Waals surface area contributed by atoms with Crippen LogP contribution in [0.4, 0.5) is 0 Å². The van der Waals surface area contributed by atoms with Crippen LogP contribution in [0.5, 0.6) is 0 Å². The maximum atomic E-state index is 12.0. The van der Waals surface area contributed by atoms with Crippen LogP contribution in [-0.4, -0.2) is 22.1 Å². The van der Waals surface area contributed by atoms with E-state index in [4.69, 9.17) is 51.1 Å². The number of rotatable bonds is 6. The second-order valence-electron chi connectivity index (χ2n) is 7.87. The minimum atomic E-state index is -1.70. The predicted octanol–water partition coefficient (Wildman–Crippen LogP) is 6.95. The molecule has 0 bridgehead atoms. The van der Waals surface area contributed by atoms with E-state index in [2.05, 4.69) is 0 Å². The molecule has 0 fully saturated rings. The van der Waals surface area contributed by atoms with E-state index in [0.29, 0.717) is 0 Å². The highest BCUT2D eigenvalue weighted by Gasteiger charge is 2.45. The lowest BCUT2D eigenvalue weighted by Gasteiger charge is -2.28. The Labute approximate surface area is 220 Å². The van der Waals surface area contributed by atoms with Gasteiger partial charge in [0.05, 0.1) is 43.4 Å². The highest BCUT2D eigenvalue weighted by atomic mass is 35.5. The number of halogens is 4. The van der Waals surface area contributed by atoms with Crippen molar-refractivity contribution in [2.75, 3.05) is 0 Å². The Balaban J connectivity index is 1.56. The minimum Gasteiger partial charge on any atom is -0.359 e. The fraction of sp³-hybridized carbons (Fsp3) is 0.167. The van der Waals surface area contributed by atoms with Gasteiger partial charge in [-0.3, -0.25) is 20.2 Å². The Morgan fingerprint density at radius 1 is 0.657 bits per heavy atom. The molecule has 11 heteroatoms. The normalized spacial score (nSPS) is 27.2. The van der Waals surface area contributed by atoms with Crippen LogP contribution in [0, 0.1) is 20.2 Å². The quantitative estimate of drug-likeness (QED) is 0.219. The topological polar surface area (TPSA) is 95.5 Å². The molecule has 0 spiro atoms. The molecule has 35 heavy (non-hydrogen) atoms. The first-order valence-corrected chi connectivity index (χ1v) is 11.7. The molecule has 0 aliphatic heterocycles. The van der Waals surface area contributed by atoms with Crippen LogP contribution in [0.15, 0.2) is 85.0 Å². The standard InChI is InChI=1S/C24H16Cl4N2O5/c25-19-5-1-3-17(21(19)27)23(29(31)32)11-7-15(8-12-23)35-16-9-13-24(14-10-16,30(33)34)18-4-2-6-20(26)22(18)28/h1-16H. The summed E-state index contributed by atoms with van der Waals surface area (Å²) in [6, 6.07) is 9.35. The number of benzene rings is 2. The second kappa shape index (κ2) is 9.76. The summed E-state index contributed by atoms with van der Waals surface area (Å²) in [5, 5.41) is 24.6. The van der Waals surface area contributed by atoms with Crippen LogP contribution in [0.25, 0.3) is 0 Å². The third-order valence-corrected chi connectivity index (χ3v) is 7.48. The molecule has 2 aliphatic carbocycles. The molecule has 0 saturated carbocycles. The van der Waals surface area contributed by atoms with Crippen LogP contribution in [0.2, 0.25) is 20.1 Å². The Morgan fingerprint density at radius 2 is 1.00 bits per heavy atom. The van der Waals surface area contributed by atoms with Crippen molar-refractivity contribution in [3.63, 3.8) is 0 Å². The maximum absolute atomic E-state index is 12.0. The lowest BCUT2D eigenvalue weighted by atomic mass is 9.85. The Kier molecular flexibility index (Phi) is 7.09. The van der Waals surface area contributed by atoms with Gasteiger partial charge in [-0.2, -0.15) is 0 Å². The van der Waals surface area contributed by atoms with E-state index in [1.54, 1.807) is 24.3 Å². The third-order valence-electron chi connectivity index (χ3n) is 5.84. The van der Waals surface area contributed by atoms with Gasteiger partial charge in [0.2, 0.25) is 0 Å². The monoisotopic (exact) mass is 552 g/mol. The summed E-state index contributed by atoms with van der Waals surface area (Å²) < 4.78 is 5.95. The van der Waals surface area contributed by atoms with Gasteiger partial charge in [-0.25, -0.2) is 0 Å². The van der Waals surface area contributed by atoms with Crippen LogP contribution in [0.3, 0.4) is 0 Å². The molecular formula is C24H16Cl4N2O5. The van der Waals surface area contributed by atoms with Crippen molar-refractivity contribution >= 4 is 46.4 Å². The summed E-state index contributed by atoms with van der Waals surface area (Å²) in [7, 11) is 0. The third kappa shape index (κ3) is 4.50. The van der Waals surface area contributed by atoms with Gasteiger partial charge >= 0.3 is 0 Å². The summed E-state index contributed by atoms with van der Waals surface area (Å²) in [5.74, 6) is 0. The van der Waals surface area contributed by atoms with E-state index in [9.17, 15) is 20.2 Å². The lowest BCUT2D eigenvalue weighted by molar-refractivity contribution is -0.549. The average molecular weight is 554 g/mol. The summed E-state index contributed by atoms with van der Waals surface area (Å²) >= 11 is 24.6. The number of hydrogen-bond acceptors (Lipinski definition) is 5. The van der Waals surface area contributed by atoms with Crippen molar-refractivity contribution in [3.8, 4) is 0 Å². The molecule has 0 amide bonds. The van der Waals surface area contributed by atoms with Crippen LogP contribution < -0.4 is 0 Å². The number of ether oxygens (including phenoxy) is 1. The molecule has 0 unspecified atom stereocenters. The van der Waals surface area contributed by atoms with Crippen molar-refractivity contribution in [2.24, 2.45) is 0 Å². The Morgan fingerprint density at radius 3 is 1.31 bits per heavy atom. The van der Waals surface area contributed by atoms with Gasteiger partial charge in [-0.15, -0.1) is 0 Å². The molecule has 0 saturated heterocycles. The predicted molar refractivity (Wildman–Crippen MR) is 135 cm³/mol. The van der Waals surface area contributed by atoms with Gasteiger partial charge in [0, 0.05) is 9.85 Å². The number of hydrogen-bond donors (Lipinski definition) is 0. The highest BCUT2D eigenvalue weighted by Crippen LogP contribution is 2.41. The van der Waals surface area contributed by atoms with Crippen molar-refractivity contribution < 1.29 is 14.6 Å².